The van der Waals surface area contributed by atoms with Crippen molar-refractivity contribution in [3.05, 3.63) is 114 Å². The van der Waals surface area contributed by atoms with Crippen LogP contribution in [-0.4, -0.2) is 10.9 Å². The van der Waals surface area contributed by atoms with Crippen LogP contribution in [0.4, 0.5) is 5.82 Å². The highest BCUT2D eigenvalue weighted by Crippen LogP contribution is 2.20. The van der Waals surface area contributed by atoms with Crippen LogP contribution < -0.4 is 9.64 Å². The molecule has 4 aromatic rings. The summed E-state index contributed by atoms with van der Waals surface area (Å²) < 4.78 is 11.1. The largest absolute Gasteiger partial charge is 0.489 e. The number of amides is 1. The number of nitrogens with zero attached hydrogens (tertiary/aromatic N) is 2. The van der Waals surface area contributed by atoms with Crippen LogP contribution in [0.3, 0.4) is 0 Å². The molecule has 0 bridgehead atoms. The van der Waals surface area contributed by atoms with Crippen molar-refractivity contribution in [1.29, 1.82) is 0 Å². The van der Waals surface area contributed by atoms with Gasteiger partial charge in [-0.15, -0.1) is 0 Å². The number of anilines is 1. The molecule has 4 rings (SSSR count). The van der Waals surface area contributed by atoms with Crippen LogP contribution in [0, 0.1) is 0 Å². The predicted octanol–water partition coefficient (Wildman–Crippen LogP) is 5.10. The zero-order valence-electron chi connectivity index (χ0n) is 15.8. The second-order valence-electron chi connectivity index (χ2n) is 6.47. The SMILES string of the molecule is O=C(c1ccco1)N(Cc1ccc(OCc2ccccc2)cc1)c1ccccn1. The van der Waals surface area contributed by atoms with Crippen molar-refractivity contribution in [2.24, 2.45) is 0 Å². The lowest BCUT2D eigenvalue weighted by Crippen LogP contribution is -2.30. The first-order valence-corrected chi connectivity index (χ1v) is 9.32. The maximum atomic E-state index is 12.9. The molecule has 29 heavy (non-hydrogen) atoms. The molecule has 0 unspecified atom stereocenters. The van der Waals surface area contributed by atoms with Crippen molar-refractivity contribution in [3.8, 4) is 5.75 Å². The van der Waals surface area contributed by atoms with Gasteiger partial charge in [0.2, 0.25) is 0 Å². The molecule has 5 nitrogen and oxygen atoms in total. The third kappa shape index (κ3) is 4.71. The summed E-state index contributed by atoms with van der Waals surface area (Å²) >= 11 is 0. The molecular weight excluding hydrogens is 364 g/mol. The summed E-state index contributed by atoms with van der Waals surface area (Å²) in [4.78, 5) is 18.8. The van der Waals surface area contributed by atoms with E-state index in [2.05, 4.69) is 4.98 Å². The Morgan fingerprint density at radius 3 is 2.34 bits per heavy atom. The number of hydrogen-bond acceptors (Lipinski definition) is 4. The molecule has 0 spiro atoms. The summed E-state index contributed by atoms with van der Waals surface area (Å²) in [5.41, 5.74) is 2.07. The Kier molecular flexibility index (Phi) is 5.67. The number of ether oxygens (including phenoxy) is 1. The number of furan rings is 1. The van der Waals surface area contributed by atoms with Crippen LogP contribution in [0.1, 0.15) is 21.7 Å². The first-order chi connectivity index (χ1) is 14.3. The first kappa shape index (κ1) is 18.5. The van der Waals surface area contributed by atoms with Gasteiger partial charge >= 0.3 is 0 Å². The van der Waals surface area contributed by atoms with Gasteiger partial charge in [0.1, 0.15) is 18.2 Å². The second kappa shape index (κ2) is 8.89. The molecule has 5 heteroatoms. The van der Waals surface area contributed by atoms with Crippen molar-refractivity contribution >= 4 is 11.7 Å². The Morgan fingerprint density at radius 2 is 1.66 bits per heavy atom. The highest BCUT2D eigenvalue weighted by molar-refractivity contribution is 6.03. The van der Waals surface area contributed by atoms with Gasteiger partial charge in [-0.25, -0.2) is 4.98 Å². The van der Waals surface area contributed by atoms with Gasteiger partial charge in [0.25, 0.3) is 5.91 Å². The minimum absolute atomic E-state index is 0.238. The Morgan fingerprint density at radius 1 is 0.862 bits per heavy atom. The number of hydrogen-bond donors (Lipinski definition) is 0. The summed E-state index contributed by atoms with van der Waals surface area (Å²) in [6.07, 6.45) is 3.15. The van der Waals surface area contributed by atoms with E-state index in [0.29, 0.717) is 19.0 Å². The Balaban J connectivity index is 1.48. The number of pyridine rings is 1. The van der Waals surface area contributed by atoms with E-state index in [9.17, 15) is 4.79 Å². The topological polar surface area (TPSA) is 55.6 Å². The molecule has 0 aliphatic carbocycles. The minimum Gasteiger partial charge on any atom is -0.489 e. The molecule has 1 amide bonds. The van der Waals surface area contributed by atoms with Gasteiger partial charge < -0.3 is 9.15 Å². The molecular formula is C24H20N2O3. The van der Waals surface area contributed by atoms with Crippen LogP contribution in [-0.2, 0) is 13.2 Å². The van der Waals surface area contributed by atoms with Crippen molar-refractivity contribution in [2.75, 3.05) is 4.90 Å². The maximum Gasteiger partial charge on any atom is 0.295 e. The van der Waals surface area contributed by atoms with E-state index < -0.39 is 0 Å². The van der Waals surface area contributed by atoms with Gasteiger partial charge in [-0.3, -0.25) is 9.69 Å². The standard InChI is InChI=1S/C24H20N2O3/c27-24(22-9-6-16-28-22)26(23-10-4-5-15-25-23)17-19-11-13-21(14-12-19)29-18-20-7-2-1-3-8-20/h1-16H,17-18H2. The number of rotatable bonds is 7. The van der Waals surface area contributed by atoms with E-state index in [1.54, 1.807) is 29.3 Å². The molecule has 2 aromatic carbocycles. The molecule has 0 aliphatic rings. The minimum atomic E-state index is -0.238. The lowest BCUT2D eigenvalue weighted by Gasteiger charge is -2.21. The molecule has 0 fully saturated rings. The van der Waals surface area contributed by atoms with Crippen LogP contribution in [0.15, 0.2) is 102 Å². The summed E-state index contributed by atoms with van der Waals surface area (Å²) in [6, 6.07) is 26.6. The molecule has 144 valence electrons. The van der Waals surface area contributed by atoms with Gasteiger partial charge in [0.05, 0.1) is 12.8 Å². The smallest absolute Gasteiger partial charge is 0.295 e. The Hall–Kier alpha value is -3.86. The molecule has 0 N–H and O–H groups in total. The molecule has 0 aliphatic heterocycles. The third-order valence-corrected chi connectivity index (χ3v) is 4.42. The number of carbonyl (C=O) groups excluding carboxylic acids is 1. The van der Waals surface area contributed by atoms with E-state index in [1.807, 2.05) is 66.7 Å². The van der Waals surface area contributed by atoms with Crippen LogP contribution >= 0.6 is 0 Å². The van der Waals surface area contributed by atoms with Crippen molar-refractivity contribution in [1.82, 2.24) is 4.98 Å². The fourth-order valence-corrected chi connectivity index (χ4v) is 2.92. The van der Waals surface area contributed by atoms with Crippen LogP contribution in [0.2, 0.25) is 0 Å². The zero-order valence-corrected chi connectivity index (χ0v) is 15.8. The van der Waals surface area contributed by atoms with Gasteiger partial charge in [-0.1, -0.05) is 48.5 Å². The summed E-state index contributed by atoms with van der Waals surface area (Å²) in [5.74, 6) is 1.38. The predicted molar refractivity (Wildman–Crippen MR) is 111 cm³/mol. The summed E-state index contributed by atoms with van der Waals surface area (Å²) in [6.45, 7) is 0.882. The van der Waals surface area contributed by atoms with Crippen molar-refractivity contribution in [2.45, 2.75) is 13.2 Å². The van der Waals surface area contributed by atoms with Crippen molar-refractivity contribution in [3.63, 3.8) is 0 Å². The van der Waals surface area contributed by atoms with E-state index >= 15 is 0 Å². The molecule has 0 radical (unpaired) electrons. The second-order valence-corrected chi connectivity index (χ2v) is 6.47. The van der Waals surface area contributed by atoms with Gasteiger partial charge in [0.15, 0.2) is 5.76 Å². The fraction of sp³-hybridized carbons (Fsp3) is 0.0833. The normalized spacial score (nSPS) is 10.5. The summed E-state index contributed by atoms with van der Waals surface area (Å²) in [7, 11) is 0. The molecule has 0 saturated carbocycles. The van der Waals surface area contributed by atoms with Crippen LogP contribution in [0.5, 0.6) is 5.75 Å². The molecule has 2 aromatic heterocycles. The average Bonchev–Trinajstić information content (AvgIpc) is 3.33. The van der Waals surface area contributed by atoms with Crippen molar-refractivity contribution < 1.29 is 13.9 Å². The quantitative estimate of drug-likeness (QED) is 0.445. The van der Waals surface area contributed by atoms with E-state index in [1.165, 1.54) is 6.26 Å². The Bertz CT molecular complexity index is 1030. The highest BCUT2D eigenvalue weighted by Gasteiger charge is 2.21. The highest BCUT2D eigenvalue weighted by atomic mass is 16.5. The lowest BCUT2D eigenvalue weighted by molar-refractivity contribution is 0.0957. The zero-order chi connectivity index (χ0) is 19.9. The fourth-order valence-electron chi connectivity index (χ4n) is 2.92. The number of benzene rings is 2. The number of aromatic nitrogens is 1. The number of carbonyl (C=O) groups is 1. The molecule has 0 atom stereocenters. The average molecular weight is 384 g/mol. The van der Waals surface area contributed by atoms with E-state index in [-0.39, 0.29) is 11.7 Å². The van der Waals surface area contributed by atoms with Gasteiger partial charge in [-0.2, -0.15) is 0 Å². The first-order valence-electron chi connectivity index (χ1n) is 9.32. The summed E-state index contributed by atoms with van der Waals surface area (Å²) in [5, 5.41) is 0. The lowest BCUT2D eigenvalue weighted by atomic mass is 10.2. The van der Waals surface area contributed by atoms with Gasteiger partial charge in [-0.05, 0) is 47.5 Å². The van der Waals surface area contributed by atoms with Gasteiger partial charge in [0, 0.05) is 6.20 Å². The van der Waals surface area contributed by atoms with E-state index in [4.69, 9.17) is 9.15 Å². The Labute approximate surface area is 169 Å². The third-order valence-electron chi connectivity index (χ3n) is 4.42. The molecule has 0 saturated heterocycles. The molecule has 2 heterocycles. The monoisotopic (exact) mass is 384 g/mol. The van der Waals surface area contributed by atoms with Crippen LogP contribution in [0.25, 0.3) is 0 Å². The van der Waals surface area contributed by atoms with E-state index in [0.717, 1.165) is 16.9 Å². The maximum absolute atomic E-state index is 12.9.